The average molecular weight is 398 g/mol. The topological polar surface area (TPSA) is 31.4 Å². The molecule has 0 saturated carbocycles. The zero-order chi connectivity index (χ0) is 20.7. The summed E-state index contributed by atoms with van der Waals surface area (Å²) in [5, 5.41) is 0. The van der Waals surface area contributed by atoms with Crippen LogP contribution < -0.4 is 9.47 Å². The summed E-state index contributed by atoms with van der Waals surface area (Å²) in [6.07, 6.45) is 14.9. The molecule has 2 rings (SSSR count). The van der Waals surface area contributed by atoms with Crippen molar-refractivity contribution in [1.82, 2.24) is 4.98 Å². The third-order valence-electron chi connectivity index (χ3n) is 5.53. The molecule has 0 aliphatic carbocycles. The minimum absolute atomic E-state index is 0.684. The summed E-state index contributed by atoms with van der Waals surface area (Å²) >= 11 is 0. The Bertz CT molecular complexity index is 686. The molecule has 1 aromatic heterocycles. The molecule has 0 N–H and O–H groups in total. The van der Waals surface area contributed by atoms with Gasteiger partial charge in [-0.1, -0.05) is 83.9 Å². The van der Waals surface area contributed by atoms with E-state index in [9.17, 15) is 0 Å². The lowest BCUT2D eigenvalue weighted by molar-refractivity contribution is 0.282. The molecule has 160 valence electrons. The largest absolute Gasteiger partial charge is 0.493 e. The zero-order valence-corrected chi connectivity index (χ0v) is 18.7. The lowest BCUT2D eigenvalue weighted by Crippen LogP contribution is -2.04. The standard InChI is InChI=1S/C26H39NO2/c1-4-6-7-8-9-10-13-19-28-26-21-27-18-16-24(26)23-14-11-12-15-25(23)29-20-17-22(3)5-2/h11-12,14-16,18,21-22H,4-10,13,17,19-20H2,1-3H3. The maximum absolute atomic E-state index is 6.13. The monoisotopic (exact) mass is 397 g/mol. The second-order valence-corrected chi connectivity index (χ2v) is 7.99. The lowest BCUT2D eigenvalue weighted by Gasteiger charge is -2.16. The predicted molar refractivity (Wildman–Crippen MR) is 123 cm³/mol. The van der Waals surface area contributed by atoms with Gasteiger partial charge in [-0.15, -0.1) is 0 Å². The van der Waals surface area contributed by atoms with E-state index in [1.54, 1.807) is 0 Å². The van der Waals surface area contributed by atoms with E-state index < -0.39 is 0 Å². The Morgan fingerprint density at radius 2 is 1.48 bits per heavy atom. The molecule has 0 aliphatic rings. The van der Waals surface area contributed by atoms with Gasteiger partial charge in [0.1, 0.15) is 11.5 Å². The van der Waals surface area contributed by atoms with Crippen molar-refractivity contribution < 1.29 is 9.47 Å². The SMILES string of the molecule is CCCCCCCCCOc1cnccc1-c1ccccc1OCCC(C)CC. The van der Waals surface area contributed by atoms with Crippen LogP contribution in [0, 0.1) is 5.92 Å². The fourth-order valence-corrected chi connectivity index (χ4v) is 3.35. The number of nitrogens with zero attached hydrogens (tertiary/aromatic N) is 1. The van der Waals surface area contributed by atoms with Gasteiger partial charge in [0.2, 0.25) is 0 Å². The van der Waals surface area contributed by atoms with E-state index >= 15 is 0 Å². The molecule has 1 atom stereocenters. The van der Waals surface area contributed by atoms with Gasteiger partial charge < -0.3 is 9.47 Å². The lowest BCUT2D eigenvalue weighted by atomic mass is 10.0. The molecule has 3 nitrogen and oxygen atoms in total. The third-order valence-corrected chi connectivity index (χ3v) is 5.53. The Balaban J connectivity index is 1.92. The highest BCUT2D eigenvalue weighted by Gasteiger charge is 2.12. The van der Waals surface area contributed by atoms with Crippen LogP contribution >= 0.6 is 0 Å². The molecule has 0 radical (unpaired) electrons. The van der Waals surface area contributed by atoms with Crippen molar-refractivity contribution in [3.05, 3.63) is 42.7 Å². The Labute approximate surface area is 177 Å². The molecular weight excluding hydrogens is 358 g/mol. The first-order valence-corrected chi connectivity index (χ1v) is 11.5. The number of para-hydroxylation sites is 1. The van der Waals surface area contributed by atoms with Gasteiger partial charge in [-0.25, -0.2) is 0 Å². The molecule has 1 aromatic carbocycles. The fourth-order valence-electron chi connectivity index (χ4n) is 3.35. The highest BCUT2D eigenvalue weighted by Crippen LogP contribution is 2.36. The second-order valence-electron chi connectivity index (χ2n) is 7.99. The van der Waals surface area contributed by atoms with Gasteiger partial charge in [-0.3, -0.25) is 4.98 Å². The summed E-state index contributed by atoms with van der Waals surface area (Å²) in [4.78, 5) is 4.28. The Hall–Kier alpha value is -2.03. The van der Waals surface area contributed by atoms with Crippen LogP contribution in [-0.2, 0) is 0 Å². The molecule has 0 saturated heterocycles. The van der Waals surface area contributed by atoms with Crippen LogP contribution in [0.15, 0.2) is 42.7 Å². The van der Waals surface area contributed by atoms with Crippen LogP contribution in [0.25, 0.3) is 11.1 Å². The van der Waals surface area contributed by atoms with E-state index in [-0.39, 0.29) is 0 Å². The minimum atomic E-state index is 0.684. The average Bonchev–Trinajstić information content (AvgIpc) is 2.76. The van der Waals surface area contributed by atoms with Crippen molar-refractivity contribution in [2.45, 2.75) is 78.6 Å². The van der Waals surface area contributed by atoms with Gasteiger partial charge in [0, 0.05) is 17.3 Å². The Morgan fingerprint density at radius 1 is 0.793 bits per heavy atom. The smallest absolute Gasteiger partial charge is 0.145 e. The Morgan fingerprint density at radius 3 is 2.28 bits per heavy atom. The third kappa shape index (κ3) is 8.47. The first-order chi connectivity index (χ1) is 14.3. The van der Waals surface area contributed by atoms with Crippen LogP contribution in [0.2, 0.25) is 0 Å². The number of benzene rings is 1. The Kier molecular flexibility index (Phi) is 11.3. The number of aromatic nitrogens is 1. The zero-order valence-electron chi connectivity index (χ0n) is 18.7. The fraction of sp³-hybridized carbons (Fsp3) is 0.577. The molecule has 1 unspecified atom stereocenters. The molecule has 0 bridgehead atoms. The van der Waals surface area contributed by atoms with E-state index in [0.29, 0.717) is 5.92 Å². The molecule has 29 heavy (non-hydrogen) atoms. The van der Waals surface area contributed by atoms with Crippen LogP contribution in [0.4, 0.5) is 0 Å². The molecule has 2 aromatic rings. The summed E-state index contributed by atoms with van der Waals surface area (Å²) in [5.41, 5.74) is 2.13. The number of hydrogen-bond acceptors (Lipinski definition) is 3. The molecule has 0 fully saturated rings. The van der Waals surface area contributed by atoms with Crippen molar-refractivity contribution >= 4 is 0 Å². The summed E-state index contributed by atoms with van der Waals surface area (Å²) in [6.45, 7) is 8.24. The molecular formula is C26H39NO2. The molecule has 0 aliphatic heterocycles. The van der Waals surface area contributed by atoms with Gasteiger partial charge >= 0.3 is 0 Å². The highest BCUT2D eigenvalue weighted by molar-refractivity contribution is 5.75. The summed E-state index contributed by atoms with van der Waals surface area (Å²) in [5.74, 6) is 2.45. The van der Waals surface area contributed by atoms with Crippen LogP contribution in [0.1, 0.15) is 78.6 Å². The van der Waals surface area contributed by atoms with E-state index in [0.717, 1.165) is 48.7 Å². The number of unbranched alkanes of at least 4 members (excludes halogenated alkanes) is 6. The van der Waals surface area contributed by atoms with Crippen LogP contribution in [0.5, 0.6) is 11.5 Å². The van der Waals surface area contributed by atoms with Crippen molar-refractivity contribution in [2.24, 2.45) is 5.92 Å². The molecule has 0 amide bonds. The molecule has 0 spiro atoms. The van der Waals surface area contributed by atoms with E-state index in [1.165, 1.54) is 44.9 Å². The van der Waals surface area contributed by atoms with Crippen LogP contribution in [-0.4, -0.2) is 18.2 Å². The maximum Gasteiger partial charge on any atom is 0.145 e. The number of pyridine rings is 1. The van der Waals surface area contributed by atoms with Crippen LogP contribution in [0.3, 0.4) is 0 Å². The molecule has 3 heteroatoms. The second kappa shape index (κ2) is 14.0. The maximum atomic E-state index is 6.13. The van der Waals surface area contributed by atoms with E-state index in [1.807, 2.05) is 30.6 Å². The molecule has 1 heterocycles. The quantitative estimate of drug-likeness (QED) is 0.289. The summed E-state index contributed by atoms with van der Waals surface area (Å²) in [6, 6.07) is 10.3. The van der Waals surface area contributed by atoms with Gasteiger partial charge in [0.25, 0.3) is 0 Å². The highest BCUT2D eigenvalue weighted by atomic mass is 16.5. The van der Waals surface area contributed by atoms with Gasteiger partial charge in [-0.05, 0) is 30.9 Å². The van der Waals surface area contributed by atoms with Crippen molar-refractivity contribution in [3.8, 4) is 22.6 Å². The normalized spacial score (nSPS) is 12.0. The number of ether oxygens (including phenoxy) is 2. The van der Waals surface area contributed by atoms with Crippen molar-refractivity contribution in [2.75, 3.05) is 13.2 Å². The van der Waals surface area contributed by atoms with Gasteiger partial charge in [0.15, 0.2) is 0 Å². The first kappa shape index (κ1) is 23.3. The number of hydrogen-bond donors (Lipinski definition) is 0. The first-order valence-electron chi connectivity index (χ1n) is 11.5. The van der Waals surface area contributed by atoms with Gasteiger partial charge in [0.05, 0.1) is 19.4 Å². The van der Waals surface area contributed by atoms with E-state index in [2.05, 4.69) is 37.9 Å². The minimum Gasteiger partial charge on any atom is -0.493 e. The van der Waals surface area contributed by atoms with E-state index in [4.69, 9.17) is 9.47 Å². The summed E-state index contributed by atoms with van der Waals surface area (Å²) in [7, 11) is 0. The predicted octanol–water partition coefficient (Wildman–Crippen LogP) is 7.69. The number of rotatable bonds is 15. The van der Waals surface area contributed by atoms with Crippen molar-refractivity contribution in [3.63, 3.8) is 0 Å². The van der Waals surface area contributed by atoms with Gasteiger partial charge in [-0.2, -0.15) is 0 Å². The van der Waals surface area contributed by atoms with Crippen molar-refractivity contribution in [1.29, 1.82) is 0 Å². The summed E-state index contributed by atoms with van der Waals surface area (Å²) < 4.78 is 12.2.